The Bertz CT molecular complexity index is 676. The first-order chi connectivity index (χ1) is 11.3. The number of aromatic amines is 1. The highest BCUT2D eigenvalue weighted by Crippen LogP contribution is 2.21. The molecular formula is C17H19N3O3. The van der Waals surface area contributed by atoms with E-state index in [1.807, 2.05) is 11.0 Å². The molecule has 3 heterocycles. The molecule has 0 aliphatic carbocycles. The highest BCUT2D eigenvalue weighted by molar-refractivity contribution is 5.93. The summed E-state index contributed by atoms with van der Waals surface area (Å²) in [4.78, 5) is 14.3. The van der Waals surface area contributed by atoms with Gasteiger partial charge in [0.25, 0.3) is 5.91 Å². The number of rotatable bonds is 5. The molecule has 0 radical (unpaired) electrons. The second kappa shape index (κ2) is 7.16. The Morgan fingerprint density at radius 2 is 2.35 bits per heavy atom. The van der Waals surface area contributed by atoms with E-state index in [-0.39, 0.29) is 5.91 Å². The molecule has 3 rings (SSSR count). The fraction of sp³-hybridized carbons (Fsp3) is 0.412. The molecule has 1 aliphatic rings. The van der Waals surface area contributed by atoms with Crippen LogP contribution in [0.15, 0.2) is 28.9 Å². The second-order valence-corrected chi connectivity index (χ2v) is 5.60. The minimum absolute atomic E-state index is 0.0537. The molecule has 0 unspecified atom stereocenters. The molecule has 2 aromatic heterocycles. The predicted molar refractivity (Wildman–Crippen MR) is 84.6 cm³/mol. The molecule has 23 heavy (non-hydrogen) atoms. The van der Waals surface area contributed by atoms with E-state index in [9.17, 15) is 4.79 Å². The van der Waals surface area contributed by atoms with E-state index in [0.717, 1.165) is 12.8 Å². The average Bonchev–Trinajstić information content (AvgIpc) is 3.26. The van der Waals surface area contributed by atoms with Gasteiger partial charge >= 0.3 is 0 Å². The first kappa shape index (κ1) is 15.4. The molecule has 6 nitrogen and oxygen atoms in total. The summed E-state index contributed by atoms with van der Waals surface area (Å²) in [6.07, 6.45) is 8.60. The Labute approximate surface area is 134 Å². The zero-order chi connectivity index (χ0) is 16.1. The van der Waals surface area contributed by atoms with Crippen LogP contribution in [-0.4, -0.2) is 47.3 Å². The third-order valence-electron chi connectivity index (χ3n) is 4.02. The molecule has 1 saturated heterocycles. The highest BCUT2D eigenvalue weighted by atomic mass is 16.5. The van der Waals surface area contributed by atoms with Crippen LogP contribution in [0.2, 0.25) is 0 Å². The van der Waals surface area contributed by atoms with E-state index >= 15 is 0 Å². The van der Waals surface area contributed by atoms with Gasteiger partial charge in [-0.15, -0.1) is 6.42 Å². The lowest BCUT2D eigenvalue weighted by atomic mass is 9.97. The smallest absolute Gasteiger partial charge is 0.274 e. The van der Waals surface area contributed by atoms with Gasteiger partial charge in [0.15, 0.2) is 11.5 Å². The first-order valence-electron chi connectivity index (χ1n) is 7.67. The van der Waals surface area contributed by atoms with E-state index in [1.165, 1.54) is 0 Å². The van der Waals surface area contributed by atoms with Gasteiger partial charge in [0.2, 0.25) is 0 Å². The van der Waals surface area contributed by atoms with Crippen LogP contribution in [0.5, 0.6) is 0 Å². The van der Waals surface area contributed by atoms with Crippen molar-refractivity contribution < 1.29 is 13.9 Å². The molecule has 2 aromatic rings. The Balaban J connectivity index is 1.55. The van der Waals surface area contributed by atoms with Gasteiger partial charge in [0.05, 0.1) is 12.9 Å². The van der Waals surface area contributed by atoms with E-state index in [4.69, 9.17) is 15.6 Å². The van der Waals surface area contributed by atoms with Crippen molar-refractivity contribution in [2.75, 3.05) is 26.3 Å². The van der Waals surface area contributed by atoms with Crippen molar-refractivity contribution in [1.29, 1.82) is 0 Å². The number of carbonyl (C=O) groups is 1. The Morgan fingerprint density at radius 3 is 3.04 bits per heavy atom. The van der Waals surface area contributed by atoms with E-state index in [0.29, 0.717) is 49.4 Å². The lowest BCUT2D eigenvalue weighted by Crippen LogP contribution is -2.39. The minimum Gasteiger partial charge on any atom is -0.463 e. The summed E-state index contributed by atoms with van der Waals surface area (Å²) in [7, 11) is 0. The molecule has 1 fully saturated rings. The van der Waals surface area contributed by atoms with Crippen molar-refractivity contribution in [2.45, 2.75) is 12.8 Å². The number of piperidine rings is 1. The summed E-state index contributed by atoms with van der Waals surface area (Å²) in [6, 6.07) is 5.34. The number of hydrogen-bond acceptors (Lipinski definition) is 4. The molecule has 1 amide bonds. The van der Waals surface area contributed by atoms with Crippen molar-refractivity contribution in [3.8, 4) is 23.8 Å². The van der Waals surface area contributed by atoms with Gasteiger partial charge in [-0.25, -0.2) is 0 Å². The Hall–Kier alpha value is -2.52. The van der Waals surface area contributed by atoms with E-state index < -0.39 is 0 Å². The summed E-state index contributed by atoms with van der Waals surface area (Å²) in [5.74, 6) is 3.54. The third kappa shape index (κ3) is 3.63. The van der Waals surface area contributed by atoms with Crippen LogP contribution in [0, 0.1) is 18.3 Å². The monoisotopic (exact) mass is 313 g/mol. The zero-order valence-corrected chi connectivity index (χ0v) is 12.8. The standard InChI is InChI=1S/C17H19N3O3/c1-2-9-22-12-13-5-7-20(8-6-13)17(21)15-11-14(18-19-15)16-4-3-10-23-16/h1,3-4,10-11,13H,5-9,12H2,(H,18,19). The van der Waals surface area contributed by atoms with Crippen LogP contribution >= 0.6 is 0 Å². The third-order valence-corrected chi connectivity index (χ3v) is 4.02. The van der Waals surface area contributed by atoms with Gasteiger partial charge in [-0.05, 0) is 30.9 Å². The van der Waals surface area contributed by atoms with Gasteiger partial charge in [0.1, 0.15) is 12.3 Å². The fourth-order valence-electron chi connectivity index (χ4n) is 2.74. The van der Waals surface area contributed by atoms with Crippen LogP contribution in [0.3, 0.4) is 0 Å². The Morgan fingerprint density at radius 1 is 1.52 bits per heavy atom. The SMILES string of the molecule is C#CCOCC1CCN(C(=O)c2cc(-c3ccco3)[nH]n2)CC1. The lowest BCUT2D eigenvalue weighted by molar-refractivity contribution is 0.0577. The van der Waals surface area contributed by atoms with Crippen molar-refractivity contribution in [3.63, 3.8) is 0 Å². The number of ether oxygens (including phenoxy) is 1. The summed E-state index contributed by atoms with van der Waals surface area (Å²) in [5, 5.41) is 6.95. The summed E-state index contributed by atoms with van der Waals surface area (Å²) >= 11 is 0. The molecule has 6 heteroatoms. The van der Waals surface area contributed by atoms with Gasteiger partial charge in [-0.3, -0.25) is 9.89 Å². The number of nitrogens with zero attached hydrogens (tertiary/aromatic N) is 2. The number of nitrogens with one attached hydrogen (secondary N) is 1. The molecular weight excluding hydrogens is 294 g/mol. The topological polar surface area (TPSA) is 71.4 Å². The molecule has 0 atom stereocenters. The maximum absolute atomic E-state index is 12.5. The van der Waals surface area contributed by atoms with Gasteiger partial charge < -0.3 is 14.1 Å². The highest BCUT2D eigenvalue weighted by Gasteiger charge is 2.25. The van der Waals surface area contributed by atoms with Crippen LogP contribution < -0.4 is 0 Å². The van der Waals surface area contributed by atoms with Crippen molar-refractivity contribution in [2.24, 2.45) is 5.92 Å². The largest absolute Gasteiger partial charge is 0.463 e. The number of likely N-dealkylation sites (tertiary alicyclic amines) is 1. The number of H-pyrrole nitrogens is 1. The van der Waals surface area contributed by atoms with Crippen LogP contribution in [-0.2, 0) is 4.74 Å². The first-order valence-corrected chi connectivity index (χ1v) is 7.67. The summed E-state index contributed by atoms with van der Waals surface area (Å²) < 4.78 is 10.7. The maximum atomic E-state index is 12.5. The molecule has 0 spiro atoms. The minimum atomic E-state index is -0.0537. The van der Waals surface area contributed by atoms with Gasteiger partial charge in [-0.2, -0.15) is 5.10 Å². The number of amides is 1. The van der Waals surface area contributed by atoms with Gasteiger partial charge in [0, 0.05) is 19.2 Å². The van der Waals surface area contributed by atoms with Gasteiger partial charge in [-0.1, -0.05) is 5.92 Å². The number of furan rings is 1. The van der Waals surface area contributed by atoms with E-state index in [1.54, 1.807) is 18.4 Å². The predicted octanol–water partition coefficient (Wildman–Crippen LogP) is 2.17. The average molecular weight is 313 g/mol. The lowest BCUT2D eigenvalue weighted by Gasteiger charge is -2.31. The van der Waals surface area contributed by atoms with E-state index in [2.05, 4.69) is 16.1 Å². The second-order valence-electron chi connectivity index (χ2n) is 5.60. The maximum Gasteiger partial charge on any atom is 0.274 e. The number of terminal acetylenes is 1. The van der Waals surface area contributed by atoms with Crippen molar-refractivity contribution in [1.82, 2.24) is 15.1 Å². The normalized spacial score (nSPS) is 15.5. The molecule has 0 aromatic carbocycles. The zero-order valence-electron chi connectivity index (χ0n) is 12.8. The molecule has 0 saturated carbocycles. The Kier molecular flexibility index (Phi) is 4.79. The van der Waals surface area contributed by atoms with Crippen LogP contribution in [0.4, 0.5) is 0 Å². The van der Waals surface area contributed by atoms with Crippen molar-refractivity contribution >= 4 is 5.91 Å². The quantitative estimate of drug-likeness (QED) is 0.678. The summed E-state index contributed by atoms with van der Waals surface area (Å²) in [5.41, 5.74) is 1.12. The molecule has 120 valence electrons. The molecule has 0 bridgehead atoms. The van der Waals surface area contributed by atoms with Crippen LogP contribution in [0.1, 0.15) is 23.3 Å². The van der Waals surface area contributed by atoms with Crippen molar-refractivity contribution in [3.05, 3.63) is 30.2 Å². The number of aromatic nitrogens is 2. The van der Waals surface area contributed by atoms with Crippen LogP contribution in [0.25, 0.3) is 11.5 Å². The fourth-order valence-corrected chi connectivity index (χ4v) is 2.74. The number of hydrogen-bond donors (Lipinski definition) is 1. The summed E-state index contributed by atoms with van der Waals surface area (Å²) in [6.45, 7) is 2.44. The molecule has 1 N–H and O–H groups in total. The molecule has 1 aliphatic heterocycles. The number of carbonyl (C=O) groups excluding carboxylic acids is 1.